The Bertz CT molecular complexity index is 377. The maximum absolute atomic E-state index is 10.3. The molecule has 0 aliphatic rings. The van der Waals surface area contributed by atoms with Crippen LogP contribution in [0.2, 0.25) is 9.88 Å². The average molecular weight is 435 g/mol. The molecule has 0 bridgehead atoms. The summed E-state index contributed by atoms with van der Waals surface area (Å²) in [5, 5.41) is 19.4. The number of carbonyl (C=O) groups is 4. The topological polar surface area (TPSA) is 133 Å². The quantitative estimate of drug-likeness (QED) is 0.280. The number of ether oxygens (including phenoxy) is 2. The SMILES string of the molecule is CCOC(=O)/C=C\C(=O)[O-].CCOC(=O)/C=C\C(=O)[O-].[CH3][Sn+2][CH3]. The van der Waals surface area contributed by atoms with Gasteiger partial charge in [0.1, 0.15) is 0 Å². The van der Waals surface area contributed by atoms with Gasteiger partial charge in [-0.3, -0.25) is 0 Å². The molecule has 0 radical (unpaired) electrons. The van der Waals surface area contributed by atoms with E-state index in [1.807, 2.05) is 0 Å². The summed E-state index contributed by atoms with van der Waals surface area (Å²) in [7, 11) is 0. The number of carboxylic acids is 2. The van der Waals surface area contributed by atoms with E-state index >= 15 is 0 Å². The minimum atomic E-state index is -1.41. The summed E-state index contributed by atoms with van der Waals surface area (Å²) in [6, 6.07) is 0. The first kappa shape index (κ1) is 26.1. The Morgan fingerprint density at radius 1 is 0.783 bits per heavy atom. The van der Waals surface area contributed by atoms with Gasteiger partial charge in [0.15, 0.2) is 0 Å². The molecule has 0 heterocycles. The summed E-state index contributed by atoms with van der Waals surface area (Å²) < 4.78 is 8.75. The van der Waals surface area contributed by atoms with Crippen LogP contribution in [0.25, 0.3) is 0 Å². The third-order valence-corrected chi connectivity index (χ3v) is 1.28. The maximum atomic E-state index is 10.3. The van der Waals surface area contributed by atoms with E-state index in [9.17, 15) is 29.4 Å². The molecule has 0 saturated carbocycles. The zero-order valence-corrected chi connectivity index (χ0v) is 16.3. The van der Waals surface area contributed by atoms with Gasteiger partial charge in [-0.2, -0.15) is 0 Å². The number of aliphatic carboxylic acids is 2. The molecule has 0 aliphatic carbocycles. The Morgan fingerprint density at radius 2 is 1.04 bits per heavy atom. The zero-order valence-electron chi connectivity index (χ0n) is 13.5. The van der Waals surface area contributed by atoms with E-state index in [0.29, 0.717) is 12.2 Å². The van der Waals surface area contributed by atoms with Crippen LogP contribution in [0, 0.1) is 0 Å². The molecule has 0 fully saturated rings. The Kier molecular flexibility index (Phi) is 22.9. The van der Waals surface area contributed by atoms with Crippen molar-refractivity contribution in [1.29, 1.82) is 0 Å². The summed E-state index contributed by atoms with van der Waals surface area (Å²) in [4.78, 5) is 44.7. The molecule has 0 spiro atoms. The van der Waals surface area contributed by atoms with Crippen molar-refractivity contribution >= 4 is 45.0 Å². The molecule has 0 N–H and O–H groups in total. The van der Waals surface area contributed by atoms with Crippen molar-refractivity contribution in [2.75, 3.05) is 13.2 Å². The molecule has 0 aromatic rings. The molecular weight excluding hydrogens is 415 g/mol. The summed E-state index contributed by atoms with van der Waals surface area (Å²) in [5.41, 5.74) is 0. The molecule has 0 aromatic carbocycles. The number of rotatable bonds is 6. The van der Waals surface area contributed by atoms with Crippen LogP contribution >= 0.6 is 0 Å². The number of hydrogen-bond donors (Lipinski definition) is 0. The van der Waals surface area contributed by atoms with Crippen LogP contribution < -0.4 is 10.2 Å². The normalized spacial score (nSPS) is 8.87. The number of carbonyl (C=O) groups excluding carboxylic acids is 4. The molecule has 0 unspecified atom stereocenters. The van der Waals surface area contributed by atoms with Gasteiger partial charge < -0.3 is 29.3 Å². The van der Waals surface area contributed by atoms with Crippen molar-refractivity contribution in [2.24, 2.45) is 0 Å². The van der Waals surface area contributed by atoms with E-state index in [0.717, 1.165) is 12.2 Å². The third-order valence-electron chi connectivity index (χ3n) is 1.28. The Balaban J connectivity index is -0.000000297. The van der Waals surface area contributed by atoms with Crippen molar-refractivity contribution in [3.63, 3.8) is 0 Å². The van der Waals surface area contributed by atoms with E-state index in [4.69, 9.17) is 0 Å². The van der Waals surface area contributed by atoms with Gasteiger partial charge in [0.2, 0.25) is 0 Å². The van der Waals surface area contributed by atoms with E-state index in [-0.39, 0.29) is 34.4 Å². The van der Waals surface area contributed by atoms with Crippen LogP contribution in [-0.4, -0.2) is 58.2 Å². The Hall–Kier alpha value is -1.84. The van der Waals surface area contributed by atoms with Gasteiger partial charge in [-0.25, -0.2) is 9.59 Å². The minimum absolute atomic E-state index is 0.230. The molecule has 0 rings (SSSR count). The van der Waals surface area contributed by atoms with Crippen molar-refractivity contribution in [1.82, 2.24) is 0 Å². The van der Waals surface area contributed by atoms with Gasteiger partial charge in [0.25, 0.3) is 0 Å². The molecule has 23 heavy (non-hydrogen) atoms. The van der Waals surface area contributed by atoms with Crippen LogP contribution in [-0.2, 0) is 28.7 Å². The fraction of sp³-hybridized carbons (Fsp3) is 0.429. The van der Waals surface area contributed by atoms with Crippen molar-refractivity contribution in [2.45, 2.75) is 23.7 Å². The summed E-state index contributed by atoms with van der Waals surface area (Å²) in [6.45, 7) is 3.72. The van der Waals surface area contributed by atoms with Gasteiger partial charge in [-0.15, -0.1) is 0 Å². The van der Waals surface area contributed by atoms with Crippen molar-refractivity contribution < 1.29 is 38.9 Å². The van der Waals surface area contributed by atoms with Gasteiger partial charge >= 0.3 is 43.0 Å². The molecule has 0 saturated heterocycles. The fourth-order valence-electron chi connectivity index (χ4n) is 0.653. The van der Waals surface area contributed by atoms with E-state index in [1.54, 1.807) is 13.8 Å². The van der Waals surface area contributed by atoms with Gasteiger partial charge in [0.05, 0.1) is 25.2 Å². The number of carboxylic acid groups (broad SMARTS) is 2. The van der Waals surface area contributed by atoms with Crippen LogP contribution in [0.3, 0.4) is 0 Å². The summed E-state index contributed by atoms with van der Waals surface area (Å²) in [5.74, 6) is -4.17. The second-order valence-electron chi connectivity index (χ2n) is 3.31. The molecule has 128 valence electrons. The first-order valence-corrected chi connectivity index (χ1v) is 12.2. The summed E-state index contributed by atoms with van der Waals surface area (Å²) >= 11 is 0.230. The number of esters is 2. The molecule has 9 heteroatoms. The van der Waals surface area contributed by atoms with Crippen molar-refractivity contribution in [3.8, 4) is 0 Å². The predicted molar refractivity (Wildman–Crippen MR) is 79.0 cm³/mol. The Morgan fingerprint density at radius 3 is 1.22 bits per heavy atom. The second kappa shape index (κ2) is 20.2. The Labute approximate surface area is 145 Å². The first-order valence-electron chi connectivity index (χ1n) is 6.45. The second-order valence-corrected chi connectivity index (χ2v) is 6.16. The molecular formula is C14H20O8Sn. The zero-order chi connectivity index (χ0) is 18.7. The molecule has 0 amide bonds. The average Bonchev–Trinajstić information content (AvgIpc) is 2.45. The van der Waals surface area contributed by atoms with Crippen molar-refractivity contribution in [3.05, 3.63) is 24.3 Å². The third kappa shape index (κ3) is 33.2. The van der Waals surface area contributed by atoms with Crippen LogP contribution in [0.4, 0.5) is 0 Å². The van der Waals surface area contributed by atoms with Gasteiger partial charge in [-0.1, -0.05) is 0 Å². The van der Waals surface area contributed by atoms with Gasteiger partial charge in [-0.05, 0) is 26.0 Å². The summed E-state index contributed by atoms with van der Waals surface area (Å²) in [6.07, 6.45) is 2.85. The standard InChI is InChI=1S/2C6H8O4.2CH3.Sn/c2*1-2-10-6(9)4-3-5(7)8;;;/h2*3-4H,2H2,1H3,(H,7,8);2*1H3;/q;;;;+2/p-2/b2*4-3-;;;. The fourth-order valence-corrected chi connectivity index (χ4v) is 0.653. The molecule has 0 atom stereocenters. The van der Waals surface area contributed by atoms with Crippen LogP contribution in [0.1, 0.15) is 13.8 Å². The molecule has 0 aliphatic heterocycles. The van der Waals surface area contributed by atoms with E-state index in [1.165, 1.54) is 0 Å². The number of hydrogen-bond acceptors (Lipinski definition) is 8. The first-order chi connectivity index (χ1) is 10.7. The van der Waals surface area contributed by atoms with E-state index in [2.05, 4.69) is 19.4 Å². The van der Waals surface area contributed by atoms with E-state index < -0.39 is 23.9 Å². The van der Waals surface area contributed by atoms with Crippen LogP contribution in [0.15, 0.2) is 24.3 Å². The van der Waals surface area contributed by atoms with Crippen LogP contribution in [0.5, 0.6) is 0 Å². The van der Waals surface area contributed by atoms with Gasteiger partial charge in [0, 0.05) is 12.2 Å². The monoisotopic (exact) mass is 436 g/mol. The molecule has 0 aromatic heterocycles. The predicted octanol–water partition coefficient (Wildman–Crippen LogP) is -1.50. The molecule has 8 nitrogen and oxygen atoms in total.